The highest BCUT2D eigenvalue weighted by atomic mass is 32.1. The van der Waals surface area contributed by atoms with Gasteiger partial charge >= 0.3 is 0 Å². The number of rotatable bonds is 5. The molecule has 1 aliphatic heterocycles. The zero-order chi connectivity index (χ0) is 13.1. The number of hydrogen-bond donors (Lipinski definition) is 1. The van der Waals surface area contributed by atoms with Gasteiger partial charge in [0.05, 0.1) is 11.4 Å². The summed E-state index contributed by atoms with van der Waals surface area (Å²) in [6, 6.07) is 9.52. The number of thiophene rings is 1. The van der Waals surface area contributed by atoms with E-state index in [9.17, 15) is 4.79 Å². The van der Waals surface area contributed by atoms with Gasteiger partial charge in [-0.15, -0.1) is 11.3 Å². The normalized spacial score (nSPS) is 12.6. The van der Waals surface area contributed by atoms with Crippen molar-refractivity contribution < 1.29 is 14.3 Å². The van der Waals surface area contributed by atoms with Gasteiger partial charge in [-0.25, -0.2) is 0 Å². The minimum atomic E-state index is 0.121. The van der Waals surface area contributed by atoms with E-state index in [1.165, 1.54) is 11.3 Å². The predicted octanol–water partition coefficient (Wildman–Crippen LogP) is 2.45. The molecule has 0 bridgehead atoms. The molecule has 0 atom stereocenters. The van der Waals surface area contributed by atoms with Crippen LogP contribution in [0.2, 0.25) is 0 Å². The Morgan fingerprint density at radius 2 is 2.16 bits per heavy atom. The minimum Gasteiger partial charge on any atom is -0.454 e. The maximum absolute atomic E-state index is 11.8. The van der Waals surface area contributed by atoms with Crippen molar-refractivity contribution in [3.8, 4) is 11.5 Å². The molecule has 1 aromatic heterocycles. The first-order valence-electron chi connectivity index (χ1n) is 5.99. The first kappa shape index (κ1) is 12.2. The molecule has 4 nitrogen and oxygen atoms in total. The Labute approximate surface area is 115 Å². The van der Waals surface area contributed by atoms with Crippen molar-refractivity contribution >= 4 is 17.1 Å². The zero-order valence-electron chi connectivity index (χ0n) is 10.2. The average molecular weight is 275 g/mol. The maximum Gasteiger partial charge on any atom is 0.231 e. The summed E-state index contributed by atoms with van der Waals surface area (Å²) in [6.07, 6.45) is 0. The van der Waals surface area contributed by atoms with Crippen LogP contribution in [0.25, 0.3) is 0 Å². The third kappa shape index (κ3) is 2.77. The molecular formula is C14H13NO3S. The van der Waals surface area contributed by atoms with Crippen LogP contribution in [0.3, 0.4) is 0 Å². The van der Waals surface area contributed by atoms with Gasteiger partial charge in [-0.05, 0) is 29.1 Å². The minimum absolute atomic E-state index is 0.121. The number of ketones is 1. The van der Waals surface area contributed by atoms with Crippen LogP contribution in [0.1, 0.15) is 15.2 Å². The van der Waals surface area contributed by atoms with Crippen LogP contribution in [0.5, 0.6) is 11.5 Å². The quantitative estimate of drug-likeness (QED) is 0.851. The van der Waals surface area contributed by atoms with Crippen molar-refractivity contribution in [2.75, 3.05) is 13.3 Å². The lowest BCUT2D eigenvalue weighted by Crippen LogP contribution is -2.21. The van der Waals surface area contributed by atoms with Crippen LogP contribution in [-0.4, -0.2) is 19.1 Å². The number of carbonyl (C=O) groups excluding carboxylic acids is 1. The average Bonchev–Trinajstić information content (AvgIpc) is 3.09. The predicted molar refractivity (Wildman–Crippen MR) is 72.9 cm³/mol. The lowest BCUT2D eigenvalue weighted by molar-refractivity contribution is 0.0994. The Morgan fingerprint density at radius 1 is 1.26 bits per heavy atom. The van der Waals surface area contributed by atoms with Crippen molar-refractivity contribution in [2.45, 2.75) is 6.54 Å². The van der Waals surface area contributed by atoms with Crippen LogP contribution in [0, 0.1) is 0 Å². The second-order valence-corrected chi connectivity index (χ2v) is 5.14. The molecule has 0 saturated carbocycles. The van der Waals surface area contributed by atoms with Gasteiger partial charge in [0, 0.05) is 6.54 Å². The summed E-state index contributed by atoms with van der Waals surface area (Å²) in [5, 5.41) is 5.05. The monoisotopic (exact) mass is 275 g/mol. The van der Waals surface area contributed by atoms with E-state index in [4.69, 9.17) is 9.47 Å². The summed E-state index contributed by atoms with van der Waals surface area (Å²) < 4.78 is 10.6. The summed E-state index contributed by atoms with van der Waals surface area (Å²) in [5.41, 5.74) is 1.07. The number of carbonyl (C=O) groups is 1. The van der Waals surface area contributed by atoms with E-state index < -0.39 is 0 Å². The number of ether oxygens (including phenoxy) is 2. The third-order valence-corrected chi connectivity index (χ3v) is 3.76. The Hall–Kier alpha value is -1.85. The molecule has 19 heavy (non-hydrogen) atoms. The van der Waals surface area contributed by atoms with E-state index in [2.05, 4.69) is 5.32 Å². The van der Waals surface area contributed by atoms with Crippen LogP contribution < -0.4 is 14.8 Å². The van der Waals surface area contributed by atoms with Crippen molar-refractivity contribution in [1.82, 2.24) is 5.32 Å². The van der Waals surface area contributed by atoms with Gasteiger partial charge in [-0.1, -0.05) is 12.1 Å². The standard InChI is InChI=1S/C14H13NO3S/c16-11(14-2-1-5-19-14)8-15-7-10-3-4-12-13(6-10)18-9-17-12/h1-6,15H,7-9H2. The highest BCUT2D eigenvalue weighted by Gasteiger charge is 2.13. The first-order valence-corrected chi connectivity index (χ1v) is 6.87. The van der Waals surface area contributed by atoms with Gasteiger partial charge in [0.25, 0.3) is 0 Å². The summed E-state index contributed by atoms with van der Waals surface area (Å²) in [5.74, 6) is 1.66. The van der Waals surface area contributed by atoms with E-state index in [0.29, 0.717) is 13.1 Å². The summed E-state index contributed by atoms with van der Waals surface area (Å²) in [4.78, 5) is 12.6. The molecular weight excluding hydrogens is 262 g/mol. The molecule has 0 aliphatic carbocycles. The topological polar surface area (TPSA) is 47.6 Å². The van der Waals surface area contributed by atoms with Crippen molar-refractivity contribution in [1.29, 1.82) is 0 Å². The van der Waals surface area contributed by atoms with Crippen molar-refractivity contribution in [2.24, 2.45) is 0 Å². The highest BCUT2D eigenvalue weighted by molar-refractivity contribution is 7.12. The van der Waals surface area contributed by atoms with Crippen LogP contribution >= 0.6 is 11.3 Å². The molecule has 0 radical (unpaired) electrons. The molecule has 1 aromatic carbocycles. The van der Waals surface area contributed by atoms with Crippen molar-refractivity contribution in [3.05, 3.63) is 46.2 Å². The van der Waals surface area contributed by atoms with E-state index in [1.54, 1.807) is 0 Å². The molecule has 2 heterocycles. The summed E-state index contributed by atoms with van der Waals surface area (Å²) in [7, 11) is 0. The highest BCUT2D eigenvalue weighted by Crippen LogP contribution is 2.32. The lowest BCUT2D eigenvalue weighted by atomic mass is 10.2. The Bertz CT molecular complexity index is 580. The Kier molecular flexibility index (Phi) is 3.48. The van der Waals surface area contributed by atoms with Gasteiger partial charge in [-0.3, -0.25) is 4.79 Å². The van der Waals surface area contributed by atoms with E-state index in [0.717, 1.165) is 21.9 Å². The van der Waals surface area contributed by atoms with Gasteiger partial charge in [0.2, 0.25) is 6.79 Å². The summed E-state index contributed by atoms with van der Waals surface area (Å²) in [6.45, 7) is 1.26. The number of Topliss-reactive ketones (excluding diaryl/α,β-unsaturated/α-hetero) is 1. The number of benzene rings is 1. The molecule has 5 heteroatoms. The molecule has 0 fully saturated rings. The molecule has 1 aliphatic rings. The second kappa shape index (κ2) is 5.42. The molecule has 3 rings (SSSR count). The van der Waals surface area contributed by atoms with Gasteiger partial charge in [-0.2, -0.15) is 0 Å². The van der Waals surface area contributed by atoms with Gasteiger partial charge in [0.15, 0.2) is 17.3 Å². The fourth-order valence-corrected chi connectivity index (χ4v) is 2.56. The number of fused-ring (bicyclic) bond motifs is 1. The second-order valence-electron chi connectivity index (χ2n) is 4.19. The molecule has 0 saturated heterocycles. The molecule has 98 valence electrons. The lowest BCUT2D eigenvalue weighted by Gasteiger charge is -2.04. The fourth-order valence-electron chi connectivity index (χ4n) is 1.90. The number of hydrogen-bond acceptors (Lipinski definition) is 5. The Morgan fingerprint density at radius 3 is 3.00 bits per heavy atom. The van der Waals surface area contributed by atoms with Crippen LogP contribution in [0.15, 0.2) is 35.7 Å². The van der Waals surface area contributed by atoms with Gasteiger partial charge < -0.3 is 14.8 Å². The SMILES string of the molecule is O=C(CNCc1ccc2c(c1)OCO2)c1cccs1. The van der Waals surface area contributed by atoms with E-state index >= 15 is 0 Å². The smallest absolute Gasteiger partial charge is 0.231 e. The third-order valence-electron chi connectivity index (χ3n) is 2.85. The molecule has 0 spiro atoms. The molecule has 0 unspecified atom stereocenters. The van der Waals surface area contributed by atoms with Crippen molar-refractivity contribution in [3.63, 3.8) is 0 Å². The molecule has 1 N–H and O–H groups in total. The first-order chi connectivity index (χ1) is 9.33. The van der Waals surface area contributed by atoms with E-state index in [-0.39, 0.29) is 12.6 Å². The maximum atomic E-state index is 11.8. The fraction of sp³-hybridized carbons (Fsp3) is 0.214. The largest absolute Gasteiger partial charge is 0.454 e. The van der Waals surface area contributed by atoms with Gasteiger partial charge in [0.1, 0.15) is 0 Å². The van der Waals surface area contributed by atoms with Crippen LogP contribution in [0.4, 0.5) is 0 Å². The zero-order valence-corrected chi connectivity index (χ0v) is 11.0. The van der Waals surface area contributed by atoms with E-state index in [1.807, 2.05) is 35.7 Å². The van der Waals surface area contributed by atoms with Crippen LogP contribution in [-0.2, 0) is 6.54 Å². The molecule has 2 aromatic rings. The Balaban J connectivity index is 1.54. The summed E-state index contributed by atoms with van der Waals surface area (Å²) >= 11 is 1.47. The molecule has 0 amide bonds. The number of nitrogens with one attached hydrogen (secondary N) is 1.